The molecule has 0 radical (unpaired) electrons. The molecule has 0 aliphatic rings. The standard InChI is InChI=1S/C19H21N3O5/c1-4-27-18-9-8-15(11-17(18)22(25)26)19(24)20-16-7-5-6-14(10-16)12-21(3)13(2)23/h5-11H,4,12H2,1-3H3,(H,20,24). The SMILES string of the molecule is CCOc1ccc(C(=O)Nc2cccc(CN(C)C(C)=O)c2)cc1[N+](=O)[O-]. The van der Waals surface area contributed by atoms with E-state index >= 15 is 0 Å². The van der Waals surface area contributed by atoms with Crippen LogP contribution in [0.25, 0.3) is 0 Å². The minimum atomic E-state index is -0.583. The fourth-order valence-electron chi connectivity index (χ4n) is 2.41. The van der Waals surface area contributed by atoms with Gasteiger partial charge in [0.25, 0.3) is 5.91 Å². The minimum Gasteiger partial charge on any atom is -0.487 e. The number of carbonyl (C=O) groups excluding carboxylic acids is 2. The van der Waals surface area contributed by atoms with Crippen molar-refractivity contribution in [3.63, 3.8) is 0 Å². The van der Waals surface area contributed by atoms with Crippen molar-refractivity contribution in [2.24, 2.45) is 0 Å². The Hall–Kier alpha value is -3.42. The molecule has 0 atom stereocenters. The van der Waals surface area contributed by atoms with E-state index in [-0.39, 0.29) is 29.5 Å². The molecule has 2 aromatic carbocycles. The van der Waals surface area contributed by atoms with Gasteiger partial charge >= 0.3 is 5.69 Å². The molecule has 1 N–H and O–H groups in total. The number of nitro benzene ring substituents is 1. The normalized spacial score (nSPS) is 10.2. The molecule has 0 saturated heterocycles. The van der Waals surface area contributed by atoms with Gasteiger partial charge in [-0.2, -0.15) is 0 Å². The Morgan fingerprint density at radius 2 is 1.96 bits per heavy atom. The van der Waals surface area contributed by atoms with E-state index in [1.807, 2.05) is 6.07 Å². The number of hydrogen-bond acceptors (Lipinski definition) is 5. The predicted molar refractivity (Wildman–Crippen MR) is 101 cm³/mol. The smallest absolute Gasteiger partial charge is 0.311 e. The molecule has 8 nitrogen and oxygen atoms in total. The van der Waals surface area contributed by atoms with E-state index in [1.54, 1.807) is 37.1 Å². The van der Waals surface area contributed by atoms with E-state index in [2.05, 4.69) is 5.32 Å². The molecule has 2 aromatic rings. The second kappa shape index (κ2) is 8.79. The van der Waals surface area contributed by atoms with Gasteiger partial charge in [-0.3, -0.25) is 19.7 Å². The van der Waals surface area contributed by atoms with Crippen LogP contribution < -0.4 is 10.1 Å². The van der Waals surface area contributed by atoms with Crippen LogP contribution in [0.1, 0.15) is 29.8 Å². The Morgan fingerprint density at radius 1 is 1.22 bits per heavy atom. The Balaban J connectivity index is 2.18. The molecule has 0 saturated carbocycles. The number of nitro groups is 1. The van der Waals surface area contributed by atoms with Crippen LogP contribution in [0.2, 0.25) is 0 Å². The van der Waals surface area contributed by atoms with Crippen molar-refractivity contribution in [3.05, 3.63) is 63.7 Å². The summed E-state index contributed by atoms with van der Waals surface area (Å²) in [5.41, 5.74) is 1.27. The lowest BCUT2D eigenvalue weighted by Crippen LogP contribution is -2.23. The van der Waals surface area contributed by atoms with Gasteiger partial charge in [0.2, 0.25) is 5.91 Å². The second-order valence-electron chi connectivity index (χ2n) is 5.90. The van der Waals surface area contributed by atoms with Crippen molar-refractivity contribution in [2.75, 3.05) is 19.0 Å². The third-order valence-electron chi connectivity index (χ3n) is 3.86. The summed E-state index contributed by atoms with van der Waals surface area (Å²) in [4.78, 5) is 36.0. The first kappa shape index (κ1) is 19.9. The summed E-state index contributed by atoms with van der Waals surface area (Å²) in [6, 6.07) is 11.1. The minimum absolute atomic E-state index is 0.0638. The van der Waals surface area contributed by atoms with E-state index in [0.29, 0.717) is 12.2 Å². The highest BCUT2D eigenvalue weighted by atomic mass is 16.6. The van der Waals surface area contributed by atoms with Crippen molar-refractivity contribution in [3.8, 4) is 5.75 Å². The molecule has 2 amide bonds. The molecule has 0 aliphatic heterocycles. The average Bonchev–Trinajstić information content (AvgIpc) is 2.62. The van der Waals surface area contributed by atoms with Gasteiger partial charge in [-0.05, 0) is 36.8 Å². The summed E-state index contributed by atoms with van der Waals surface area (Å²) in [6.07, 6.45) is 0. The quantitative estimate of drug-likeness (QED) is 0.595. The zero-order valence-electron chi connectivity index (χ0n) is 15.4. The van der Waals surface area contributed by atoms with Gasteiger partial charge in [0.05, 0.1) is 11.5 Å². The molecule has 2 rings (SSSR count). The third-order valence-corrected chi connectivity index (χ3v) is 3.86. The molecule has 0 aliphatic carbocycles. The lowest BCUT2D eigenvalue weighted by molar-refractivity contribution is -0.385. The number of benzene rings is 2. The molecule has 142 valence electrons. The number of ether oxygens (including phenoxy) is 1. The molecule has 0 heterocycles. The van der Waals surface area contributed by atoms with Crippen molar-refractivity contribution >= 4 is 23.2 Å². The lowest BCUT2D eigenvalue weighted by atomic mass is 10.1. The molecule has 0 fully saturated rings. The van der Waals surface area contributed by atoms with Gasteiger partial charge in [-0.1, -0.05) is 12.1 Å². The van der Waals surface area contributed by atoms with Gasteiger partial charge in [-0.15, -0.1) is 0 Å². The van der Waals surface area contributed by atoms with Crippen molar-refractivity contribution in [2.45, 2.75) is 20.4 Å². The Bertz CT molecular complexity index is 866. The van der Waals surface area contributed by atoms with Gasteiger partial charge in [0.15, 0.2) is 5.75 Å². The summed E-state index contributed by atoms with van der Waals surface area (Å²) in [5.74, 6) is -0.419. The van der Waals surface area contributed by atoms with E-state index in [0.717, 1.165) is 5.56 Å². The fraction of sp³-hybridized carbons (Fsp3) is 0.263. The molecule has 0 bridgehead atoms. The van der Waals surface area contributed by atoms with E-state index in [9.17, 15) is 19.7 Å². The van der Waals surface area contributed by atoms with Crippen LogP contribution in [0.5, 0.6) is 5.75 Å². The van der Waals surface area contributed by atoms with Crippen molar-refractivity contribution < 1.29 is 19.2 Å². The Kier molecular flexibility index (Phi) is 6.48. The maximum atomic E-state index is 12.5. The van der Waals surface area contributed by atoms with Crippen LogP contribution in [-0.4, -0.2) is 35.3 Å². The molecule has 27 heavy (non-hydrogen) atoms. The first-order valence-electron chi connectivity index (χ1n) is 8.35. The maximum Gasteiger partial charge on any atom is 0.311 e. The average molecular weight is 371 g/mol. The molecule has 8 heteroatoms. The number of amides is 2. The first-order chi connectivity index (χ1) is 12.8. The number of carbonyl (C=O) groups is 2. The highest BCUT2D eigenvalue weighted by molar-refractivity contribution is 6.04. The van der Waals surface area contributed by atoms with Gasteiger partial charge in [0.1, 0.15) is 0 Å². The summed E-state index contributed by atoms with van der Waals surface area (Å²) >= 11 is 0. The molecular formula is C19H21N3O5. The number of anilines is 1. The van der Waals surface area contributed by atoms with Crippen LogP contribution in [0.15, 0.2) is 42.5 Å². The highest BCUT2D eigenvalue weighted by Gasteiger charge is 2.18. The van der Waals surface area contributed by atoms with Crippen molar-refractivity contribution in [1.29, 1.82) is 0 Å². The Morgan fingerprint density at radius 3 is 2.59 bits per heavy atom. The van der Waals surface area contributed by atoms with Crippen molar-refractivity contribution in [1.82, 2.24) is 4.90 Å². The van der Waals surface area contributed by atoms with Gasteiger partial charge in [0, 0.05) is 37.8 Å². The summed E-state index contributed by atoms with van der Waals surface area (Å²) in [5, 5.41) is 13.9. The summed E-state index contributed by atoms with van der Waals surface area (Å²) < 4.78 is 5.22. The predicted octanol–water partition coefficient (Wildman–Crippen LogP) is 3.22. The zero-order valence-corrected chi connectivity index (χ0v) is 15.4. The third kappa shape index (κ3) is 5.27. The van der Waals surface area contributed by atoms with Crippen LogP contribution in [0.3, 0.4) is 0 Å². The zero-order chi connectivity index (χ0) is 20.0. The summed E-state index contributed by atoms with van der Waals surface area (Å²) in [6.45, 7) is 3.90. The van der Waals surface area contributed by atoms with E-state index in [1.165, 1.54) is 25.1 Å². The van der Waals surface area contributed by atoms with Crippen LogP contribution in [0, 0.1) is 10.1 Å². The number of nitrogens with zero attached hydrogens (tertiary/aromatic N) is 2. The Labute approximate surface area is 156 Å². The topological polar surface area (TPSA) is 102 Å². The molecule has 0 aromatic heterocycles. The van der Waals surface area contributed by atoms with Gasteiger partial charge in [-0.25, -0.2) is 0 Å². The van der Waals surface area contributed by atoms with E-state index in [4.69, 9.17) is 4.74 Å². The number of nitrogens with one attached hydrogen (secondary N) is 1. The van der Waals surface area contributed by atoms with Crippen LogP contribution in [-0.2, 0) is 11.3 Å². The summed E-state index contributed by atoms with van der Waals surface area (Å²) in [7, 11) is 1.69. The maximum absolute atomic E-state index is 12.5. The number of hydrogen-bond donors (Lipinski definition) is 1. The fourth-order valence-corrected chi connectivity index (χ4v) is 2.41. The largest absolute Gasteiger partial charge is 0.487 e. The molecular weight excluding hydrogens is 350 g/mol. The first-order valence-corrected chi connectivity index (χ1v) is 8.35. The van der Waals surface area contributed by atoms with Crippen LogP contribution >= 0.6 is 0 Å². The lowest BCUT2D eigenvalue weighted by Gasteiger charge is -2.15. The monoisotopic (exact) mass is 371 g/mol. The highest BCUT2D eigenvalue weighted by Crippen LogP contribution is 2.28. The van der Waals surface area contributed by atoms with Gasteiger partial charge < -0.3 is 15.0 Å². The molecule has 0 spiro atoms. The number of rotatable bonds is 7. The second-order valence-corrected chi connectivity index (χ2v) is 5.90. The molecule has 0 unspecified atom stereocenters. The van der Waals surface area contributed by atoms with Crippen LogP contribution in [0.4, 0.5) is 11.4 Å². The van der Waals surface area contributed by atoms with E-state index < -0.39 is 10.8 Å².